The number of para-hydroxylation sites is 1. The molecule has 0 spiro atoms. The molecule has 3 aromatic rings. The van der Waals surface area contributed by atoms with E-state index in [2.05, 4.69) is 20.3 Å². The van der Waals surface area contributed by atoms with E-state index < -0.39 is 23.5 Å². The molecule has 2 aromatic heterocycles. The number of hydrogen-bond donors (Lipinski definition) is 3. The highest BCUT2D eigenvalue weighted by molar-refractivity contribution is 6.06. The van der Waals surface area contributed by atoms with Crippen molar-refractivity contribution in [3.05, 3.63) is 58.1 Å². The van der Waals surface area contributed by atoms with Crippen LogP contribution in [0.5, 0.6) is 0 Å². The standard InChI is InChI=1S/C20H18F3N5O2/c21-20(22,23)15-8-6-12(18(26-15)28-10-1-2-11-28)7-9-16(29)24-13-4-3-5-14-17(13)27-19(30)25-14/h3-9H,1-2,10-11H2,(H,24,29)(H2,25,27,30)/b9-7+. The van der Waals surface area contributed by atoms with Gasteiger partial charge in [-0.1, -0.05) is 6.07 Å². The number of pyridine rings is 1. The Morgan fingerprint density at radius 3 is 2.63 bits per heavy atom. The summed E-state index contributed by atoms with van der Waals surface area (Å²) in [5, 5.41) is 2.66. The Balaban J connectivity index is 1.59. The predicted molar refractivity (Wildman–Crippen MR) is 107 cm³/mol. The molecule has 3 heterocycles. The van der Waals surface area contributed by atoms with E-state index in [1.807, 2.05) is 0 Å². The largest absolute Gasteiger partial charge is 0.433 e. The molecule has 0 aliphatic carbocycles. The van der Waals surface area contributed by atoms with Gasteiger partial charge >= 0.3 is 11.9 Å². The number of carbonyl (C=O) groups is 1. The Morgan fingerprint density at radius 1 is 1.13 bits per heavy atom. The molecular weight excluding hydrogens is 399 g/mol. The van der Waals surface area contributed by atoms with Crippen LogP contribution in [0.1, 0.15) is 24.1 Å². The Hall–Kier alpha value is -3.56. The minimum Gasteiger partial charge on any atom is -0.356 e. The summed E-state index contributed by atoms with van der Waals surface area (Å²) in [5.41, 5.74) is 0.477. The Bertz CT molecular complexity index is 1170. The summed E-state index contributed by atoms with van der Waals surface area (Å²) >= 11 is 0. The number of fused-ring (bicyclic) bond motifs is 1. The zero-order valence-electron chi connectivity index (χ0n) is 15.7. The van der Waals surface area contributed by atoms with Crippen LogP contribution >= 0.6 is 0 Å². The summed E-state index contributed by atoms with van der Waals surface area (Å²) in [6, 6.07) is 7.22. The fraction of sp³-hybridized carbons (Fsp3) is 0.250. The maximum absolute atomic E-state index is 13.1. The van der Waals surface area contributed by atoms with Crippen molar-refractivity contribution in [2.45, 2.75) is 19.0 Å². The zero-order chi connectivity index (χ0) is 21.3. The van der Waals surface area contributed by atoms with Crippen LogP contribution in [0, 0.1) is 0 Å². The van der Waals surface area contributed by atoms with Gasteiger partial charge in [-0.25, -0.2) is 9.78 Å². The third-order valence-electron chi connectivity index (χ3n) is 4.82. The molecule has 1 amide bonds. The molecule has 1 aliphatic rings. The van der Waals surface area contributed by atoms with E-state index in [-0.39, 0.29) is 5.82 Å². The van der Waals surface area contributed by atoms with E-state index in [1.165, 1.54) is 18.2 Å². The number of hydrogen-bond acceptors (Lipinski definition) is 4. The number of amides is 1. The number of carbonyl (C=O) groups excluding carboxylic acids is 1. The van der Waals surface area contributed by atoms with Gasteiger partial charge in [-0.15, -0.1) is 0 Å². The van der Waals surface area contributed by atoms with Gasteiger partial charge in [0.05, 0.1) is 16.7 Å². The van der Waals surface area contributed by atoms with Gasteiger partial charge in [0.15, 0.2) is 0 Å². The Labute approximate surface area is 168 Å². The van der Waals surface area contributed by atoms with Crippen LogP contribution in [0.3, 0.4) is 0 Å². The number of nitrogens with one attached hydrogen (secondary N) is 3. The molecule has 1 saturated heterocycles. The SMILES string of the molecule is O=C(/C=C/c1ccc(C(F)(F)F)nc1N1CCCC1)Nc1cccc2[nH]c(=O)[nH]c12. The van der Waals surface area contributed by atoms with Crippen LogP contribution in [0.4, 0.5) is 24.7 Å². The number of halogens is 3. The molecule has 0 atom stereocenters. The average Bonchev–Trinajstić information content (AvgIpc) is 3.35. The monoisotopic (exact) mass is 417 g/mol. The molecule has 0 saturated carbocycles. The third-order valence-corrected chi connectivity index (χ3v) is 4.82. The van der Waals surface area contributed by atoms with Crippen LogP contribution in [-0.2, 0) is 11.0 Å². The Kier molecular flexibility index (Phi) is 5.06. The molecule has 1 fully saturated rings. The normalized spacial score (nSPS) is 14.7. The summed E-state index contributed by atoms with van der Waals surface area (Å²) in [5.74, 6) is -0.278. The van der Waals surface area contributed by atoms with Crippen molar-refractivity contribution in [1.82, 2.24) is 15.0 Å². The van der Waals surface area contributed by atoms with E-state index in [1.54, 1.807) is 23.1 Å². The minimum atomic E-state index is -4.54. The average molecular weight is 417 g/mol. The van der Waals surface area contributed by atoms with E-state index in [0.717, 1.165) is 18.9 Å². The lowest BCUT2D eigenvalue weighted by Gasteiger charge is -2.20. The predicted octanol–water partition coefficient (Wildman–Crippen LogP) is 3.52. The zero-order valence-corrected chi connectivity index (χ0v) is 15.7. The van der Waals surface area contributed by atoms with E-state index >= 15 is 0 Å². The Morgan fingerprint density at radius 2 is 1.90 bits per heavy atom. The molecule has 30 heavy (non-hydrogen) atoms. The van der Waals surface area contributed by atoms with E-state index in [9.17, 15) is 22.8 Å². The topological polar surface area (TPSA) is 93.9 Å². The lowest BCUT2D eigenvalue weighted by atomic mass is 10.2. The van der Waals surface area contributed by atoms with Crippen molar-refractivity contribution in [2.24, 2.45) is 0 Å². The highest BCUT2D eigenvalue weighted by atomic mass is 19.4. The quantitative estimate of drug-likeness (QED) is 0.566. The first-order chi connectivity index (χ1) is 14.3. The lowest BCUT2D eigenvalue weighted by molar-refractivity contribution is -0.141. The molecular formula is C20H18F3N5O2. The second-order valence-corrected chi connectivity index (χ2v) is 6.93. The van der Waals surface area contributed by atoms with Gasteiger partial charge in [0.1, 0.15) is 11.5 Å². The maximum Gasteiger partial charge on any atom is 0.433 e. The second kappa shape index (κ2) is 7.69. The number of aromatic amines is 2. The highest BCUT2D eigenvalue weighted by Crippen LogP contribution is 2.32. The van der Waals surface area contributed by atoms with Gasteiger partial charge in [-0.3, -0.25) is 4.79 Å². The first-order valence-corrected chi connectivity index (χ1v) is 9.34. The van der Waals surface area contributed by atoms with Crippen molar-refractivity contribution in [3.8, 4) is 0 Å². The van der Waals surface area contributed by atoms with Gasteiger partial charge < -0.3 is 20.2 Å². The molecule has 1 aliphatic heterocycles. The van der Waals surface area contributed by atoms with E-state index in [0.29, 0.717) is 35.4 Å². The first-order valence-electron chi connectivity index (χ1n) is 9.34. The highest BCUT2D eigenvalue weighted by Gasteiger charge is 2.33. The second-order valence-electron chi connectivity index (χ2n) is 6.93. The van der Waals surface area contributed by atoms with Crippen LogP contribution in [0.15, 0.2) is 41.2 Å². The molecule has 3 N–H and O–H groups in total. The molecule has 156 valence electrons. The summed E-state index contributed by atoms with van der Waals surface area (Å²) < 4.78 is 39.2. The molecule has 10 heteroatoms. The van der Waals surface area contributed by atoms with Crippen molar-refractivity contribution < 1.29 is 18.0 Å². The van der Waals surface area contributed by atoms with Crippen molar-refractivity contribution >= 4 is 34.5 Å². The lowest BCUT2D eigenvalue weighted by Crippen LogP contribution is -2.22. The number of benzene rings is 1. The molecule has 1 aromatic carbocycles. The number of aromatic nitrogens is 3. The fourth-order valence-electron chi connectivity index (χ4n) is 3.43. The smallest absolute Gasteiger partial charge is 0.356 e. The minimum absolute atomic E-state index is 0.212. The van der Waals surface area contributed by atoms with Gasteiger partial charge in [-0.05, 0) is 43.2 Å². The number of nitrogens with zero attached hydrogens (tertiary/aromatic N) is 2. The van der Waals surface area contributed by atoms with Crippen LogP contribution in [0.25, 0.3) is 17.1 Å². The number of imidazole rings is 1. The molecule has 0 radical (unpaired) electrons. The maximum atomic E-state index is 13.1. The molecule has 7 nitrogen and oxygen atoms in total. The number of H-pyrrole nitrogens is 2. The van der Waals surface area contributed by atoms with Crippen molar-refractivity contribution in [3.63, 3.8) is 0 Å². The summed E-state index contributed by atoms with van der Waals surface area (Å²) in [7, 11) is 0. The fourth-order valence-corrected chi connectivity index (χ4v) is 3.43. The number of anilines is 2. The molecule has 0 unspecified atom stereocenters. The van der Waals surface area contributed by atoms with Crippen LogP contribution in [0.2, 0.25) is 0 Å². The molecule has 4 rings (SSSR count). The third kappa shape index (κ3) is 4.07. The summed E-state index contributed by atoms with van der Waals surface area (Å²) in [6.07, 6.45) is -0.120. The first kappa shape index (κ1) is 19.7. The van der Waals surface area contributed by atoms with Crippen LogP contribution in [-0.4, -0.2) is 33.9 Å². The summed E-state index contributed by atoms with van der Waals surface area (Å²) in [4.78, 5) is 34.6. The summed E-state index contributed by atoms with van der Waals surface area (Å²) in [6.45, 7) is 1.23. The number of rotatable bonds is 4. The van der Waals surface area contributed by atoms with Crippen molar-refractivity contribution in [1.29, 1.82) is 0 Å². The van der Waals surface area contributed by atoms with Gasteiger partial charge in [0.25, 0.3) is 0 Å². The van der Waals surface area contributed by atoms with Gasteiger partial charge in [-0.2, -0.15) is 13.2 Å². The number of alkyl halides is 3. The van der Waals surface area contributed by atoms with E-state index in [4.69, 9.17) is 0 Å². The molecule has 0 bridgehead atoms. The van der Waals surface area contributed by atoms with Gasteiger partial charge in [0.2, 0.25) is 5.91 Å². The van der Waals surface area contributed by atoms with Crippen LogP contribution < -0.4 is 15.9 Å². The van der Waals surface area contributed by atoms with Gasteiger partial charge in [0, 0.05) is 24.7 Å². The van der Waals surface area contributed by atoms with Crippen molar-refractivity contribution in [2.75, 3.05) is 23.3 Å².